The number of hydrogen-bond donors (Lipinski definition) is 2. The van der Waals surface area contributed by atoms with Crippen molar-refractivity contribution in [2.24, 2.45) is 0 Å². The standard InChI is InChI=1S/C16H12N4O2/c1-17-16(22)14-12(7-21)20-8-18-6-11(20)15-13(14)9-4-2-3-5-10(9)19-15/h2-8,19H,1H3,(H,17,22). The van der Waals surface area contributed by atoms with Crippen LogP contribution >= 0.6 is 0 Å². The van der Waals surface area contributed by atoms with Crippen molar-refractivity contribution in [2.45, 2.75) is 0 Å². The van der Waals surface area contributed by atoms with Crippen LogP contribution in [0.3, 0.4) is 0 Å². The Balaban J connectivity index is 2.37. The summed E-state index contributed by atoms with van der Waals surface area (Å²) in [6.07, 6.45) is 3.91. The number of carbonyl (C=O) groups excluding carboxylic acids is 2. The van der Waals surface area contributed by atoms with Crippen LogP contribution in [0.1, 0.15) is 20.8 Å². The van der Waals surface area contributed by atoms with Crippen molar-refractivity contribution < 1.29 is 9.59 Å². The van der Waals surface area contributed by atoms with E-state index in [1.807, 2.05) is 24.3 Å². The molecule has 0 aliphatic heterocycles. The number of fused-ring (bicyclic) bond motifs is 5. The summed E-state index contributed by atoms with van der Waals surface area (Å²) in [6, 6.07) is 7.70. The molecule has 1 amide bonds. The second kappa shape index (κ2) is 4.42. The molecule has 0 unspecified atom stereocenters. The van der Waals surface area contributed by atoms with Crippen LogP contribution < -0.4 is 5.32 Å². The molecule has 0 saturated heterocycles. The molecule has 0 aliphatic carbocycles. The molecule has 0 radical (unpaired) electrons. The number of imidazole rings is 1. The average Bonchev–Trinajstić information content (AvgIpc) is 3.16. The lowest BCUT2D eigenvalue weighted by Crippen LogP contribution is -2.21. The van der Waals surface area contributed by atoms with Gasteiger partial charge >= 0.3 is 0 Å². The van der Waals surface area contributed by atoms with E-state index in [4.69, 9.17) is 0 Å². The highest BCUT2D eigenvalue weighted by Crippen LogP contribution is 2.32. The fourth-order valence-electron chi connectivity index (χ4n) is 2.98. The molecule has 4 aromatic rings. The highest BCUT2D eigenvalue weighted by atomic mass is 16.1. The Hall–Kier alpha value is -3.15. The van der Waals surface area contributed by atoms with E-state index < -0.39 is 0 Å². The molecule has 0 aliphatic rings. The maximum absolute atomic E-state index is 12.4. The number of aromatic amines is 1. The summed E-state index contributed by atoms with van der Waals surface area (Å²) in [6.45, 7) is 0. The highest BCUT2D eigenvalue weighted by molar-refractivity contribution is 6.23. The van der Waals surface area contributed by atoms with Gasteiger partial charge in [-0.3, -0.25) is 14.0 Å². The van der Waals surface area contributed by atoms with Gasteiger partial charge in [-0.1, -0.05) is 18.2 Å². The van der Waals surface area contributed by atoms with Crippen molar-refractivity contribution in [3.05, 3.63) is 48.0 Å². The molecule has 4 rings (SSSR count). The number of pyridine rings is 1. The zero-order chi connectivity index (χ0) is 15.3. The number of aldehydes is 1. The zero-order valence-electron chi connectivity index (χ0n) is 11.8. The van der Waals surface area contributed by atoms with Gasteiger partial charge in [-0.2, -0.15) is 0 Å². The molecule has 0 spiro atoms. The molecule has 0 saturated carbocycles. The van der Waals surface area contributed by atoms with Crippen LogP contribution in [0.4, 0.5) is 0 Å². The molecular formula is C16H12N4O2. The molecule has 2 N–H and O–H groups in total. The number of rotatable bonds is 2. The Bertz CT molecular complexity index is 1060. The number of carbonyl (C=O) groups is 2. The first-order chi connectivity index (χ1) is 10.8. The van der Waals surface area contributed by atoms with Gasteiger partial charge in [0, 0.05) is 23.3 Å². The molecule has 0 atom stereocenters. The van der Waals surface area contributed by atoms with Gasteiger partial charge in [0.05, 0.1) is 29.1 Å². The SMILES string of the molecule is CNC(=O)c1c(C=O)n2cncc2c2[nH]c3ccccc3c12. The number of aromatic nitrogens is 3. The largest absolute Gasteiger partial charge is 0.355 e. The highest BCUT2D eigenvalue weighted by Gasteiger charge is 2.22. The summed E-state index contributed by atoms with van der Waals surface area (Å²) >= 11 is 0. The van der Waals surface area contributed by atoms with E-state index in [0.717, 1.165) is 27.3 Å². The van der Waals surface area contributed by atoms with Gasteiger partial charge in [-0.15, -0.1) is 0 Å². The molecule has 6 heteroatoms. The van der Waals surface area contributed by atoms with Gasteiger partial charge in [0.1, 0.15) is 5.69 Å². The first-order valence-corrected chi connectivity index (χ1v) is 6.82. The fourth-order valence-corrected chi connectivity index (χ4v) is 2.98. The van der Waals surface area contributed by atoms with E-state index in [1.54, 1.807) is 17.6 Å². The molecule has 6 nitrogen and oxygen atoms in total. The summed E-state index contributed by atoms with van der Waals surface area (Å²) in [7, 11) is 1.55. The quantitative estimate of drug-likeness (QED) is 0.555. The minimum atomic E-state index is -0.299. The van der Waals surface area contributed by atoms with Crippen molar-refractivity contribution >= 4 is 39.5 Å². The number of nitrogens with zero attached hydrogens (tertiary/aromatic N) is 2. The number of hydrogen-bond acceptors (Lipinski definition) is 3. The normalized spacial score (nSPS) is 11.3. The van der Waals surface area contributed by atoms with Gasteiger partial charge in [-0.05, 0) is 6.07 Å². The fraction of sp³-hybridized carbons (Fsp3) is 0.0625. The van der Waals surface area contributed by atoms with Crippen molar-refractivity contribution in [3.63, 3.8) is 0 Å². The van der Waals surface area contributed by atoms with Gasteiger partial charge < -0.3 is 10.3 Å². The van der Waals surface area contributed by atoms with Crippen molar-refractivity contribution in [3.8, 4) is 0 Å². The van der Waals surface area contributed by atoms with Gasteiger partial charge in [0.25, 0.3) is 5.91 Å². The van der Waals surface area contributed by atoms with E-state index in [0.29, 0.717) is 17.5 Å². The monoisotopic (exact) mass is 292 g/mol. The maximum Gasteiger partial charge on any atom is 0.253 e. The van der Waals surface area contributed by atoms with Gasteiger partial charge in [0.15, 0.2) is 6.29 Å². The third kappa shape index (κ3) is 1.46. The summed E-state index contributed by atoms with van der Waals surface area (Å²) in [4.78, 5) is 31.4. The van der Waals surface area contributed by atoms with Gasteiger partial charge in [-0.25, -0.2) is 4.98 Å². The van der Waals surface area contributed by atoms with Crippen molar-refractivity contribution in [1.82, 2.24) is 19.7 Å². The maximum atomic E-state index is 12.4. The minimum absolute atomic E-state index is 0.295. The predicted octanol–water partition coefficient (Wildman–Crippen LogP) is 2.14. The first-order valence-electron chi connectivity index (χ1n) is 6.82. The zero-order valence-corrected chi connectivity index (χ0v) is 11.8. The van der Waals surface area contributed by atoms with Crippen LogP contribution in [0.5, 0.6) is 0 Å². The first kappa shape index (κ1) is 12.6. The smallest absolute Gasteiger partial charge is 0.253 e. The Kier molecular flexibility index (Phi) is 2.53. The Labute approximate surface area is 124 Å². The number of nitrogens with one attached hydrogen (secondary N) is 2. The third-order valence-electron chi connectivity index (χ3n) is 3.93. The minimum Gasteiger partial charge on any atom is -0.355 e. The molecule has 3 heterocycles. The molecular weight excluding hydrogens is 280 g/mol. The van der Waals surface area contributed by atoms with E-state index in [1.165, 1.54) is 6.33 Å². The summed E-state index contributed by atoms with van der Waals surface area (Å²) < 4.78 is 1.63. The Morgan fingerprint density at radius 3 is 2.95 bits per heavy atom. The summed E-state index contributed by atoms with van der Waals surface area (Å²) in [5, 5.41) is 4.26. The molecule has 0 bridgehead atoms. The third-order valence-corrected chi connectivity index (χ3v) is 3.93. The summed E-state index contributed by atoms with van der Waals surface area (Å²) in [5.74, 6) is -0.299. The van der Waals surface area contributed by atoms with Crippen LogP contribution in [-0.2, 0) is 0 Å². The summed E-state index contributed by atoms with van der Waals surface area (Å²) in [5.41, 5.74) is 3.12. The molecule has 22 heavy (non-hydrogen) atoms. The molecule has 108 valence electrons. The van der Waals surface area contributed by atoms with Gasteiger partial charge in [0.2, 0.25) is 0 Å². The predicted molar refractivity (Wildman–Crippen MR) is 83.3 cm³/mol. The van der Waals surface area contributed by atoms with E-state index in [9.17, 15) is 9.59 Å². The number of para-hydroxylation sites is 1. The van der Waals surface area contributed by atoms with Crippen LogP contribution in [0.2, 0.25) is 0 Å². The number of benzene rings is 1. The van der Waals surface area contributed by atoms with Crippen molar-refractivity contribution in [2.75, 3.05) is 7.05 Å². The second-order valence-corrected chi connectivity index (χ2v) is 5.03. The molecule has 0 fully saturated rings. The lowest BCUT2D eigenvalue weighted by molar-refractivity contribution is 0.0958. The Morgan fingerprint density at radius 2 is 2.18 bits per heavy atom. The van der Waals surface area contributed by atoms with Crippen molar-refractivity contribution in [1.29, 1.82) is 0 Å². The van der Waals surface area contributed by atoms with Crippen LogP contribution in [-0.4, -0.2) is 33.6 Å². The lowest BCUT2D eigenvalue weighted by atomic mass is 10.0. The van der Waals surface area contributed by atoms with Crippen LogP contribution in [0.25, 0.3) is 27.3 Å². The molecule has 1 aromatic carbocycles. The Morgan fingerprint density at radius 1 is 1.36 bits per heavy atom. The van der Waals surface area contributed by atoms with E-state index in [2.05, 4.69) is 15.3 Å². The van der Waals surface area contributed by atoms with Crippen LogP contribution in [0, 0.1) is 0 Å². The van der Waals surface area contributed by atoms with Crippen LogP contribution in [0.15, 0.2) is 36.8 Å². The van der Waals surface area contributed by atoms with E-state index >= 15 is 0 Å². The molecule has 3 aromatic heterocycles. The second-order valence-electron chi connectivity index (χ2n) is 5.03. The average molecular weight is 292 g/mol. The van der Waals surface area contributed by atoms with E-state index in [-0.39, 0.29) is 5.91 Å². The number of H-pyrrole nitrogens is 1. The number of amides is 1. The lowest BCUT2D eigenvalue weighted by Gasteiger charge is -2.09. The topological polar surface area (TPSA) is 79.3 Å².